The van der Waals surface area contributed by atoms with E-state index in [-0.39, 0.29) is 11.2 Å². The van der Waals surface area contributed by atoms with Gasteiger partial charge in [0.25, 0.3) is 0 Å². The molecule has 0 fully saturated rings. The maximum Gasteiger partial charge on any atom is 0.445 e. The Morgan fingerprint density at radius 1 is 1.24 bits per heavy atom. The summed E-state index contributed by atoms with van der Waals surface area (Å²) in [7, 11) is 0. The van der Waals surface area contributed by atoms with E-state index in [1.165, 1.54) is 0 Å². The van der Waals surface area contributed by atoms with Gasteiger partial charge in [-0.1, -0.05) is 41.7 Å². The minimum absolute atomic E-state index is 0.0927. The van der Waals surface area contributed by atoms with Crippen LogP contribution < -0.4 is 5.32 Å². The number of halogens is 3. The molecule has 0 amide bonds. The van der Waals surface area contributed by atoms with E-state index >= 15 is 0 Å². The highest BCUT2D eigenvalue weighted by Gasteiger charge is 2.35. The molecule has 0 aliphatic heterocycles. The molecule has 114 valence electrons. The van der Waals surface area contributed by atoms with Crippen LogP contribution in [0.15, 0.2) is 30.3 Å². The number of hydrogen-bond acceptors (Lipinski definition) is 5. The maximum absolute atomic E-state index is 12.4. The molecule has 21 heavy (non-hydrogen) atoms. The summed E-state index contributed by atoms with van der Waals surface area (Å²) in [5, 5.41) is 18.5. The molecule has 2 rings (SSSR count). The second-order valence-electron chi connectivity index (χ2n) is 4.62. The van der Waals surface area contributed by atoms with Crippen LogP contribution in [0.4, 0.5) is 18.3 Å². The van der Waals surface area contributed by atoms with Crippen molar-refractivity contribution in [3.05, 3.63) is 40.9 Å². The summed E-state index contributed by atoms with van der Waals surface area (Å²) in [6.45, 7) is 1.76. The van der Waals surface area contributed by atoms with Gasteiger partial charge in [-0.2, -0.15) is 13.2 Å². The lowest BCUT2D eigenvalue weighted by molar-refractivity contribution is -0.138. The standard InChI is InChI=1S/C13H14F3N3OS/c1-8(7-10(20)9-5-3-2-4-6-9)17-12-19-18-11(21-12)13(14,15)16/h2-6,8,10,20H,7H2,1H3,(H,17,19). The van der Waals surface area contributed by atoms with Crippen LogP contribution in [-0.4, -0.2) is 21.3 Å². The van der Waals surface area contributed by atoms with E-state index in [0.29, 0.717) is 17.8 Å². The number of aliphatic hydroxyl groups is 1. The number of aliphatic hydroxyl groups excluding tert-OH is 1. The van der Waals surface area contributed by atoms with Crippen LogP contribution in [0.2, 0.25) is 0 Å². The van der Waals surface area contributed by atoms with Crippen LogP contribution in [0.25, 0.3) is 0 Å². The Labute approximate surface area is 123 Å². The highest BCUT2D eigenvalue weighted by Crippen LogP contribution is 2.33. The molecule has 2 N–H and O–H groups in total. The third-order valence-corrected chi connectivity index (χ3v) is 3.70. The molecule has 0 aliphatic rings. The molecule has 1 heterocycles. The van der Waals surface area contributed by atoms with Gasteiger partial charge in [-0.05, 0) is 18.9 Å². The molecule has 0 saturated carbocycles. The van der Waals surface area contributed by atoms with Crippen LogP contribution in [-0.2, 0) is 6.18 Å². The Hall–Kier alpha value is -1.67. The quantitative estimate of drug-likeness (QED) is 0.886. The third kappa shape index (κ3) is 4.40. The van der Waals surface area contributed by atoms with Gasteiger partial charge in [0.05, 0.1) is 6.10 Å². The van der Waals surface area contributed by atoms with Gasteiger partial charge in [-0.25, -0.2) is 0 Å². The summed E-state index contributed by atoms with van der Waals surface area (Å²) in [6.07, 6.45) is -4.82. The van der Waals surface area contributed by atoms with Crippen molar-refractivity contribution < 1.29 is 18.3 Å². The van der Waals surface area contributed by atoms with Gasteiger partial charge in [0.15, 0.2) is 0 Å². The fraction of sp³-hybridized carbons (Fsp3) is 0.385. The number of alkyl halides is 3. The van der Waals surface area contributed by atoms with E-state index in [9.17, 15) is 18.3 Å². The molecule has 0 radical (unpaired) electrons. The van der Waals surface area contributed by atoms with Crippen LogP contribution in [0.1, 0.15) is 30.0 Å². The molecule has 2 atom stereocenters. The number of benzene rings is 1. The van der Waals surface area contributed by atoms with Crippen LogP contribution >= 0.6 is 11.3 Å². The first-order valence-electron chi connectivity index (χ1n) is 6.26. The molecule has 1 aromatic carbocycles. The minimum Gasteiger partial charge on any atom is -0.388 e. The molecule has 8 heteroatoms. The van der Waals surface area contributed by atoms with Gasteiger partial charge in [0.2, 0.25) is 10.1 Å². The lowest BCUT2D eigenvalue weighted by Crippen LogP contribution is -2.18. The molecule has 0 saturated heterocycles. The molecule has 0 aliphatic carbocycles. The monoisotopic (exact) mass is 317 g/mol. The van der Waals surface area contributed by atoms with Gasteiger partial charge in [-0.15, -0.1) is 10.2 Å². The van der Waals surface area contributed by atoms with Crippen molar-refractivity contribution in [1.29, 1.82) is 0 Å². The normalized spacial score (nSPS) is 14.7. The fourth-order valence-electron chi connectivity index (χ4n) is 1.81. The van der Waals surface area contributed by atoms with Crippen LogP contribution in [0, 0.1) is 0 Å². The van der Waals surface area contributed by atoms with Crippen LogP contribution in [0.5, 0.6) is 0 Å². The Morgan fingerprint density at radius 3 is 2.48 bits per heavy atom. The average Bonchev–Trinajstić information content (AvgIpc) is 2.88. The van der Waals surface area contributed by atoms with Gasteiger partial charge in [0, 0.05) is 6.04 Å². The first-order valence-corrected chi connectivity index (χ1v) is 7.08. The highest BCUT2D eigenvalue weighted by molar-refractivity contribution is 7.15. The first-order chi connectivity index (χ1) is 9.86. The largest absolute Gasteiger partial charge is 0.445 e. The second kappa shape index (κ2) is 6.40. The molecule has 0 bridgehead atoms. The molecule has 4 nitrogen and oxygen atoms in total. The smallest absolute Gasteiger partial charge is 0.388 e. The van der Waals surface area contributed by atoms with E-state index in [1.54, 1.807) is 19.1 Å². The summed E-state index contributed by atoms with van der Waals surface area (Å²) in [4.78, 5) is 0. The predicted molar refractivity (Wildman–Crippen MR) is 74.0 cm³/mol. The maximum atomic E-state index is 12.4. The van der Waals surface area contributed by atoms with Crippen LogP contribution in [0.3, 0.4) is 0 Å². The zero-order valence-electron chi connectivity index (χ0n) is 11.1. The Balaban J connectivity index is 1.93. The lowest BCUT2D eigenvalue weighted by Gasteiger charge is -2.17. The minimum atomic E-state index is -4.48. The van der Waals surface area contributed by atoms with Gasteiger partial charge >= 0.3 is 6.18 Å². The molecule has 0 spiro atoms. The van der Waals surface area contributed by atoms with Crippen molar-refractivity contribution in [2.75, 3.05) is 5.32 Å². The summed E-state index contributed by atoms with van der Waals surface area (Å²) < 4.78 is 37.2. The van der Waals surface area contributed by atoms with Crippen molar-refractivity contribution in [2.45, 2.75) is 31.7 Å². The molecular formula is C13H14F3N3OS. The molecule has 1 aromatic heterocycles. The number of nitrogens with one attached hydrogen (secondary N) is 1. The Kier molecular flexibility index (Phi) is 4.79. The first kappa shape index (κ1) is 15.7. The zero-order valence-corrected chi connectivity index (χ0v) is 11.9. The lowest BCUT2D eigenvalue weighted by atomic mass is 10.0. The summed E-state index contributed by atoms with van der Waals surface area (Å²) in [5.74, 6) is 0. The number of rotatable bonds is 5. The average molecular weight is 317 g/mol. The van der Waals surface area contributed by atoms with Crippen molar-refractivity contribution in [3.8, 4) is 0 Å². The topological polar surface area (TPSA) is 58.0 Å². The van der Waals surface area contributed by atoms with E-state index in [4.69, 9.17) is 0 Å². The van der Waals surface area contributed by atoms with Crippen molar-refractivity contribution >= 4 is 16.5 Å². The number of anilines is 1. The zero-order chi connectivity index (χ0) is 15.5. The van der Waals surface area contributed by atoms with Crippen molar-refractivity contribution in [3.63, 3.8) is 0 Å². The van der Waals surface area contributed by atoms with Gasteiger partial charge < -0.3 is 10.4 Å². The number of hydrogen-bond donors (Lipinski definition) is 2. The van der Waals surface area contributed by atoms with Gasteiger partial charge in [-0.3, -0.25) is 0 Å². The van der Waals surface area contributed by atoms with Crippen molar-refractivity contribution in [2.24, 2.45) is 0 Å². The highest BCUT2D eigenvalue weighted by atomic mass is 32.1. The fourth-order valence-corrected chi connectivity index (χ4v) is 2.53. The Morgan fingerprint density at radius 2 is 1.90 bits per heavy atom. The molecule has 2 aromatic rings. The van der Waals surface area contributed by atoms with E-state index < -0.39 is 17.3 Å². The van der Waals surface area contributed by atoms with E-state index in [2.05, 4.69) is 15.5 Å². The molecular weight excluding hydrogens is 303 g/mol. The second-order valence-corrected chi connectivity index (χ2v) is 5.60. The third-order valence-electron chi connectivity index (χ3n) is 2.80. The molecule has 2 unspecified atom stereocenters. The van der Waals surface area contributed by atoms with Gasteiger partial charge in [0.1, 0.15) is 0 Å². The van der Waals surface area contributed by atoms with E-state index in [1.807, 2.05) is 18.2 Å². The van der Waals surface area contributed by atoms with Crippen molar-refractivity contribution in [1.82, 2.24) is 10.2 Å². The summed E-state index contributed by atoms with van der Waals surface area (Å²) in [6, 6.07) is 8.83. The van der Waals surface area contributed by atoms with E-state index in [0.717, 1.165) is 5.56 Å². The number of aromatic nitrogens is 2. The summed E-state index contributed by atoms with van der Waals surface area (Å²) in [5.41, 5.74) is 0.763. The summed E-state index contributed by atoms with van der Waals surface area (Å²) >= 11 is 0.451. The number of nitrogens with zero attached hydrogens (tertiary/aromatic N) is 2. The Bertz CT molecular complexity index is 574. The SMILES string of the molecule is CC(CC(O)c1ccccc1)Nc1nnc(C(F)(F)F)s1. The predicted octanol–water partition coefficient (Wildman–Crippen LogP) is 3.48.